The van der Waals surface area contributed by atoms with Gasteiger partial charge >= 0.3 is 0 Å². The van der Waals surface area contributed by atoms with Crippen LogP contribution in [0.2, 0.25) is 0 Å². The van der Waals surface area contributed by atoms with Gasteiger partial charge in [-0.25, -0.2) is 13.2 Å². The van der Waals surface area contributed by atoms with E-state index < -0.39 is 23.5 Å². The third-order valence-electron chi connectivity index (χ3n) is 3.17. The molecule has 0 saturated carbocycles. The normalized spacial score (nSPS) is 12.9. The number of thiophene rings is 1. The van der Waals surface area contributed by atoms with Crippen LogP contribution in [0.5, 0.6) is 0 Å². The Morgan fingerprint density at radius 2 is 1.90 bits per heavy atom. The first-order valence-corrected chi connectivity index (χ1v) is 7.03. The van der Waals surface area contributed by atoms with Gasteiger partial charge in [0.15, 0.2) is 11.6 Å². The van der Waals surface area contributed by atoms with Crippen molar-refractivity contribution in [2.45, 2.75) is 12.6 Å². The zero-order chi connectivity index (χ0) is 14.7. The summed E-state index contributed by atoms with van der Waals surface area (Å²) in [6, 6.07) is 2.89. The highest BCUT2D eigenvalue weighted by molar-refractivity contribution is 7.07. The zero-order valence-corrected chi connectivity index (χ0v) is 11.8. The van der Waals surface area contributed by atoms with Crippen LogP contribution in [-0.4, -0.2) is 18.5 Å². The molecule has 0 aliphatic rings. The molecule has 1 atom stereocenters. The predicted molar refractivity (Wildman–Crippen MR) is 73.9 cm³/mol. The van der Waals surface area contributed by atoms with Gasteiger partial charge in [0, 0.05) is 24.7 Å². The molecule has 1 unspecified atom stereocenters. The molecule has 0 fully saturated rings. The summed E-state index contributed by atoms with van der Waals surface area (Å²) in [5.74, 6) is -3.04. The van der Waals surface area contributed by atoms with Crippen molar-refractivity contribution in [2.24, 2.45) is 5.73 Å². The number of hydrogen-bond acceptors (Lipinski definition) is 3. The van der Waals surface area contributed by atoms with E-state index in [4.69, 9.17) is 5.73 Å². The van der Waals surface area contributed by atoms with Crippen LogP contribution in [-0.2, 0) is 6.54 Å². The number of likely N-dealkylation sites (N-methyl/N-ethyl adjacent to an activating group) is 1. The van der Waals surface area contributed by atoms with Crippen LogP contribution in [0.4, 0.5) is 13.2 Å². The van der Waals surface area contributed by atoms with Crippen molar-refractivity contribution in [3.8, 4) is 0 Å². The first kappa shape index (κ1) is 15.0. The van der Waals surface area contributed by atoms with Gasteiger partial charge in [-0.1, -0.05) is 0 Å². The third-order valence-corrected chi connectivity index (χ3v) is 3.90. The van der Waals surface area contributed by atoms with Gasteiger partial charge in [-0.3, -0.25) is 4.90 Å². The number of nitrogens with zero attached hydrogens (tertiary/aromatic N) is 1. The number of hydrogen-bond donors (Lipinski definition) is 1. The van der Waals surface area contributed by atoms with E-state index >= 15 is 0 Å². The maximum Gasteiger partial charge on any atom is 0.161 e. The minimum atomic E-state index is -1.19. The molecular weight excluding hydrogens is 285 g/mol. The van der Waals surface area contributed by atoms with Crippen molar-refractivity contribution in [3.05, 3.63) is 57.5 Å². The lowest BCUT2D eigenvalue weighted by atomic mass is 10.0. The molecule has 20 heavy (non-hydrogen) atoms. The lowest BCUT2D eigenvalue weighted by molar-refractivity contribution is 0.236. The van der Waals surface area contributed by atoms with Crippen LogP contribution < -0.4 is 5.73 Å². The predicted octanol–water partition coefficient (Wildman–Crippen LogP) is 3.30. The van der Waals surface area contributed by atoms with Gasteiger partial charge < -0.3 is 5.73 Å². The highest BCUT2D eigenvalue weighted by Gasteiger charge is 2.21. The molecule has 1 aromatic heterocycles. The van der Waals surface area contributed by atoms with Crippen LogP contribution >= 0.6 is 11.3 Å². The molecule has 0 aliphatic carbocycles. The second-order valence-electron chi connectivity index (χ2n) is 4.59. The molecule has 1 aromatic carbocycles. The highest BCUT2D eigenvalue weighted by Crippen LogP contribution is 2.25. The summed E-state index contributed by atoms with van der Waals surface area (Å²) in [6.45, 7) is 0.673. The van der Waals surface area contributed by atoms with E-state index in [0.29, 0.717) is 12.6 Å². The first-order valence-electron chi connectivity index (χ1n) is 6.08. The van der Waals surface area contributed by atoms with Crippen LogP contribution in [0.1, 0.15) is 17.2 Å². The topological polar surface area (TPSA) is 29.3 Å². The Balaban J connectivity index is 2.25. The molecule has 0 spiro atoms. The number of benzene rings is 1. The molecule has 6 heteroatoms. The molecule has 2 nitrogen and oxygen atoms in total. The zero-order valence-electron chi connectivity index (χ0n) is 10.9. The summed E-state index contributed by atoms with van der Waals surface area (Å²) in [5, 5.41) is 3.92. The maximum absolute atomic E-state index is 13.8. The van der Waals surface area contributed by atoms with Gasteiger partial charge in [0.2, 0.25) is 0 Å². The quantitative estimate of drug-likeness (QED) is 0.859. The summed E-state index contributed by atoms with van der Waals surface area (Å²) in [6.07, 6.45) is 0. The van der Waals surface area contributed by atoms with Gasteiger partial charge in [0.1, 0.15) is 5.82 Å². The molecule has 1 heterocycles. The van der Waals surface area contributed by atoms with Crippen molar-refractivity contribution in [1.29, 1.82) is 0 Å². The lowest BCUT2D eigenvalue weighted by Crippen LogP contribution is -2.31. The molecule has 0 bridgehead atoms. The molecule has 0 amide bonds. The van der Waals surface area contributed by atoms with E-state index in [-0.39, 0.29) is 12.1 Å². The molecule has 2 rings (SSSR count). The van der Waals surface area contributed by atoms with E-state index in [0.717, 1.165) is 11.6 Å². The highest BCUT2D eigenvalue weighted by atomic mass is 32.1. The molecule has 108 valence electrons. The third kappa shape index (κ3) is 3.20. The largest absolute Gasteiger partial charge is 0.329 e. The molecule has 0 radical (unpaired) electrons. The molecule has 0 aliphatic heterocycles. The van der Waals surface area contributed by atoms with E-state index in [1.807, 2.05) is 21.7 Å². The average molecular weight is 300 g/mol. The standard InChI is InChI=1S/C14H15F3N2S/c1-19(7-9-2-3-20-8-9)14(6-18)10-4-12(16)13(17)5-11(10)15/h2-5,8,14H,6-7,18H2,1H3. The van der Waals surface area contributed by atoms with Gasteiger partial charge in [-0.2, -0.15) is 11.3 Å². The summed E-state index contributed by atoms with van der Waals surface area (Å²) >= 11 is 1.56. The van der Waals surface area contributed by atoms with Crippen molar-refractivity contribution in [3.63, 3.8) is 0 Å². The Morgan fingerprint density at radius 1 is 1.20 bits per heavy atom. The Kier molecular flexibility index (Phi) is 4.80. The molecule has 2 aromatic rings. The van der Waals surface area contributed by atoms with Gasteiger partial charge in [0.25, 0.3) is 0 Å². The minimum absolute atomic E-state index is 0.0733. The second kappa shape index (κ2) is 6.39. The fraction of sp³-hybridized carbons (Fsp3) is 0.286. The summed E-state index contributed by atoms with van der Waals surface area (Å²) in [7, 11) is 1.77. The van der Waals surface area contributed by atoms with E-state index in [1.54, 1.807) is 18.4 Å². The Morgan fingerprint density at radius 3 is 2.50 bits per heavy atom. The van der Waals surface area contributed by atoms with Crippen molar-refractivity contribution in [1.82, 2.24) is 4.90 Å². The fourth-order valence-electron chi connectivity index (χ4n) is 2.12. The maximum atomic E-state index is 13.8. The van der Waals surface area contributed by atoms with Crippen LogP contribution in [0.3, 0.4) is 0 Å². The van der Waals surface area contributed by atoms with Crippen molar-refractivity contribution in [2.75, 3.05) is 13.6 Å². The summed E-state index contributed by atoms with van der Waals surface area (Å²) in [5.41, 5.74) is 6.81. The molecule has 2 N–H and O–H groups in total. The van der Waals surface area contributed by atoms with Gasteiger partial charge in [0.05, 0.1) is 6.04 Å². The average Bonchev–Trinajstić information content (AvgIpc) is 2.89. The fourth-order valence-corrected chi connectivity index (χ4v) is 2.78. The summed E-state index contributed by atoms with van der Waals surface area (Å²) in [4.78, 5) is 1.82. The van der Waals surface area contributed by atoms with Gasteiger partial charge in [-0.15, -0.1) is 0 Å². The number of rotatable bonds is 5. The van der Waals surface area contributed by atoms with Crippen molar-refractivity contribution >= 4 is 11.3 Å². The van der Waals surface area contributed by atoms with Crippen LogP contribution in [0.25, 0.3) is 0 Å². The Hall–Kier alpha value is -1.37. The SMILES string of the molecule is CN(Cc1ccsc1)C(CN)c1cc(F)c(F)cc1F. The summed E-state index contributed by atoms with van der Waals surface area (Å²) < 4.78 is 40.1. The van der Waals surface area contributed by atoms with E-state index in [1.165, 1.54) is 0 Å². The lowest BCUT2D eigenvalue weighted by Gasteiger charge is -2.27. The van der Waals surface area contributed by atoms with Crippen LogP contribution in [0, 0.1) is 17.5 Å². The Bertz CT molecular complexity index is 572. The van der Waals surface area contributed by atoms with E-state index in [2.05, 4.69) is 0 Å². The van der Waals surface area contributed by atoms with Crippen LogP contribution in [0.15, 0.2) is 29.0 Å². The van der Waals surface area contributed by atoms with E-state index in [9.17, 15) is 13.2 Å². The van der Waals surface area contributed by atoms with Crippen molar-refractivity contribution < 1.29 is 13.2 Å². The number of nitrogens with two attached hydrogens (primary N) is 1. The van der Waals surface area contributed by atoms with Gasteiger partial charge in [-0.05, 0) is 35.5 Å². The second-order valence-corrected chi connectivity index (χ2v) is 5.37. The minimum Gasteiger partial charge on any atom is -0.329 e. The molecular formula is C14H15F3N2S. The Labute approximate surface area is 119 Å². The first-order chi connectivity index (χ1) is 9.52. The monoisotopic (exact) mass is 300 g/mol. The molecule has 0 saturated heterocycles. The number of halogens is 3. The smallest absolute Gasteiger partial charge is 0.161 e.